The lowest BCUT2D eigenvalue weighted by Gasteiger charge is -2.10. The number of aryl methyl sites for hydroxylation is 2. The van der Waals surface area contributed by atoms with E-state index in [1.54, 1.807) is 0 Å². The minimum Gasteiger partial charge on any atom is -0.357 e. The zero-order chi connectivity index (χ0) is 19.2. The van der Waals surface area contributed by atoms with E-state index >= 15 is 0 Å². The molecule has 2 heterocycles. The van der Waals surface area contributed by atoms with Crippen LogP contribution in [0, 0.1) is 13.8 Å². The normalized spacial score (nSPS) is 11.6. The predicted octanol–water partition coefficient (Wildman–Crippen LogP) is 2.95. The lowest BCUT2D eigenvalue weighted by Crippen LogP contribution is -2.36. The van der Waals surface area contributed by atoms with Crippen molar-refractivity contribution in [1.82, 2.24) is 25.6 Å². The molecular formula is C20H26N6O. The number of hydrogen-bond donors (Lipinski definition) is 2. The largest absolute Gasteiger partial charge is 0.357 e. The molecule has 27 heavy (non-hydrogen) atoms. The molecule has 0 radical (unpaired) electrons. The molecule has 2 aromatic heterocycles. The topological polar surface area (TPSA) is 80.3 Å². The number of rotatable bonds is 6. The van der Waals surface area contributed by atoms with Crippen molar-refractivity contribution in [1.29, 1.82) is 0 Å². The molecule has 0 aliphatic carbocycles. The van der Waals surface area contributed by atoms with Crippen molar-refractivity contribution in [3.8, 4) is 11.3 Å². The maximum Gasteiger partial charge on any atom is 0.191 e. The third kappa shape index (κ3) is 4.55. The number of guanidine groups is 1. The molecule has 142 valence electrons. The van der Waals surface area contributed by atoms with Crippen molar-refractivity contribution in [2.75, 3.05) is 6.54 Å². The van der Waals surface area contributed by atoms with E-state index in [0.717, 1.165) is 46.5 Å². The minimum atomic E-state index is 0.535. The maximum absolute atomic E-state index is 5.45. The molecule has 3 aromatic rings. The number of nitrogens with one attached hydrogen (secondary N) is 2. The smallest absolute Gasteiger partial charge is 0.191 e. The maximum atomic E-state index is 5.45. The Morgan fingerprint density at radius 1 is 1.19 bits per heavy atom. The van der Waals surface area contributed by atoms with Gasteiger partial charge in [0.1, 0.15) is 5.69 Å². The van der Waals surface area contributed by atoms with E-state index in [1.807, 2.05) is 62.0 Å². The van der Waals surface area contributed by atoms with Gasteiger partial charge in [-0.25, -0.2) is 4.99 Å². The third-order valence-corrected chi connectivity index (χ3v) is 4.45. The fourth-order valence-corrected chi connectivity index (χ4v) is 2.85. The van der Waals surface area contributed by atoms with Crippen LogP contribution >= 0.6 is 0 Å². The van der Waals surface area contributed by atoms with Gasteiger partial charge in [-0.05, 0) is 20.8 Å². The molecule has 0 aliphatic rings. The Hall–Kier alpha value is -3.09. The van der Waals surface area contributed by atoms with Gasteiger partial charge in [0.15, 0.2) is 11.7 Å². The second kappa shape index (κ2) is 8.53. The predicted molar refractivity (Wildman–Crippen MR) is 106 cm³/mol. The molecule has 3 rings (SSSR count). The molecule has 7 nitrogen and oxygen atoms in total. The van der Waals surface area contributed by atoms with Crippen LogP contribution in [0.2, 0.25) is 0 Å². The number of nitrogens with zero attached hydrogens (tertiary/aromatic N) is 4. The van der Waals surface area contributed by atoms with Gasteiger partial charge < -0.3 is 15.2 Å². The third-order valence-electron chi connectivity index (χ3n) is 4.45. The first kappa shape index (κ1) is 18.7. The molecule has 0 atom stereocenters. The average molecular weight is 366 g/mol. The van der Waals surface area contributed by atoms with Gasteiger partial charge in [0.05, 0.1) is 18.8 Å². The van der Waals surface area contributed by atoms with Crippen molar-refractivity contribution in [3.05, 3.63) is 59.0 Å². The fourth-order valence-electron chi connectivity index (χ4n) is 2.85. The highest BCUT2D eigenvalue weighted by atomic mass is 16.5. The molecule has 0 bridgehead atoms. The van der Waals surface area contributed by atoms with Crippen LogP contribution in [0.1, 0.15) is 29.6 Å². The summed E-state index contributed by atoms with van der Waals surface area (Å²) in [6.07, 6.45) is 0. The van der Waals surface area contributed by atoms with E-state index in [2.05, 4.69) is 32.8 Å². The van der Waals surface area contributed by atoms with Gasteiger partial charge in [-0.2, -0.15) is 5.10 Å². The Morgan fingerprint density at radius 2 is 1.96 bits per heavy atom. The van der Waals surface area contributed by atoms with Crippen LogP contribution in [0.15, 0.2) is 45.9 Å². The van der Waals surface area contributed by atoms with Gasteiger partial charge in [-0.1, -0.05) is 35.5 Å². The van der Waals surface area contributed by atoms with Gasteiger partial charge in [0.2, 0.25) is 0 Å². The lowest BCUT2D eigenvalue weighted by molar-refractivity contribution is 0.422. The van der Waals surface area contributed by atoms with Crippen molar-refractivity contribution in [3.63, 3.8) is 0 Å². The van der Waals surface area contributed by atoms with E-state index in [-0.39, 0.29) is 0 Å². The molecule has 1 aromatic carbocycles. The Kier molecular flexibility index (Phi) is 5.90. The molecule has 2 N–H and O–H groups in total. The van der Waals surface area contributed by atoms with E-state index in [1.165, 1.54) is 0 Å². The Bertz CT molecular complexity index is 910. The van der Waals surface area contributed by atoms with Crippen LogP contribution in [0.25, 0.3) is 11.3 Å². The first-order chi connectivity index (χ1) is 13.1. The highest BCUT2D eigenvalue weighted by Gasteiger charge is 2.10. The van der Waals surface area contributed by atoms with Crippen LogP contribution in [0.3, 0.4) is 0 Å². The number of hydrogen-bond acceptors (Lipinski definition) is 4. The summed E-state index contributed by atoms with van der Waals surface area (Å²) in [5.74, 6) is 1.50. The van der Waals surface area contributed by atoms with Gasteiger partial charge in [-0.15, -0.1) is 0 Å². The molecule has 7 heteroatoms. The van der Waals surface area contributed by atoms with E-state index in [4.69, 9.17) is 4.52 Å². The zero-order valence-electron chi connectivity index (χ0n) is 16.3. The van der Waals surface area contributed by atoms with Crippen molar-refractivity contribution >= 4 is 5.96 Å². The van der Waals surface area contributed by atoms with Gasteiger partial charge in [0.25, 0.3) is 0 Å². The summed E-state index contributed by atoms with van der Waals surface area (Å²) in [6, 6.07) is 11.9. The molecule has 0 amide bonds. The van der Waals surface area contributed by atoms with Crippen molar-refractivity contribution in [2.45, 2.75) is 33.9 Å². The van der Waals surface area contributed by atoms with Crippen LogP contribution in [-0.4, -0.2) is 27.4 Å². The van der Waals surface area contributed by atoms with Crippen LogP contribution in [0.5, 0.6) is 0 Å². The van der Waals surface area contributed by atoms with Crippen LogP contribution in [0.4, 0.5) is 0 Å². The van der Waals surface area contributed by atoms with Gasteiger partial charge in [0, 0.05) is 36.5 Å². The number of benzene rings is 1. The highest BCUT2D eigenvalue weighted by Crippen LogP contribution is 2.19. The first-order valence-corrected chi connectivity index (χ1v) is 9.10. The summed E-state index contributed by atoms with van der Waals surface area (Å²) >= 11 is 0. The molecule has 0 saturated heterocycles. The minimum absolute atomic E-state index is 0.535. The fraction of sp³-hybridized carbons (Fsp3) is 0.350. The Balaban J connectivity index is 1.65. The molecule has 0 saturated carbocycles. The lowest BCUT2D eigenvalue weighted by atomic mass is 10.2. The Labute approximate surface area is 159 Å². The molecule has 0 fully saturated rings. The zero-order valence-corrected chi connectivity index (χ0v) is 16.3. The van der Waals surface area contributed by atoms with Gasteiger partial charge >= 0.3 is 0 Å². The average Bonchev–Trinajstić information content (AvgIpc) is 3.24. The second-order valence-corrected chi connectivity index (χ2v) is 6.37. The van der Waals surface area contributed by atoms with Gasteiger partial charge in [-0.3, -0.25) is 4.68 Å². The van der Waals surface area contributed by atoms with Crippen LogP contribution < -0.4 is 10.6 Å². The Morgan fingerprint density at radius 3 is 2.63 bits per heavy atom. The first-order valence-electron chi connectivity index (χ1n) is 9.10. The molecule has 0 unspecified atom stereocenters. The summed E-state index contributed by atoms with van der Waals surface area (Å²) in [6.45, 7) is 8.01. The summed E-state index contributed by atoms with van der Waals surface area (Å²) in [4.78, 5) is 4.68. The highest BCUT2D eigenvalue weighted by molar-refractivity contribution is 5.79. The second-order valence-electron chi connectivity index (χ2n) is 6.37. The van der Waals surface area contributed by atoms with Crippen molar-refractivity contribution < 1.29 is 4.52 Å². The summed E-state index contributed by atoms with van der Waals surface area (Å²) in [5.41, 5.74) is 5.14. The summed E-state index contributed by atoms with van der Waals surface area (Å²) in [5, 5.41) is 15.2. The monoisotopic (exact) mass is 366 g/mol. The standard InChI is InChI=1S/C20H26N6O/c1-5-21-20(23-13-18-14(2)24-26(4)15(18)3)22-12-17-11-19(27-25-17)16-9-7-6-8-10-16/h6-11H,5,12-13H2,1-4H3,(H2,21,22,23). The summed E-state index contributed by atoms with van der Waals surface area (Å²) in [7, 11) is 1.95. The molecule has 0 aliphatic heterocycles. The van der Waals surface area contributed by atoms with Crippen LogP contribution in [-0.2, 0) is 20.1 Å². The summed E-state index contributed by atoms with van der Waals surface area (Å²) < 4.78 is 7.34. The SMILES string of the molecule is CCNC(=NCc1c(C)nn(C)c1C)NCc1cc(-c2ccccc2)on1. The molecular weight excluding hydrogens is 340 g/mol. The number of aromatic nitrogens is 3. The molecule has 0 spiro atoms. The number of aliphatic imine (C=N–C) groups is 1. The van der Waals surface area contributed by atoms with E-state index in [0.29, 0.717) is 13.1 Å². The van der Waals surface area contributed by atoms with E-state index < -0.39 is 0 Å². The van der Waals surface area contributed by atoms with E-state index in [9.17, 15) is 0 Å². The quantitative estimate of drug-likeness (QED) is 0.518. The van der Waals surface area contributed by atoms with Crippen molar-refractivity contribution in [2.24, 2.45) is 12.0 Å².